The molecular weight excluding hydrogens is 414 g/mol. The minimum absolute atomic E-state index is 0.00492. The van der Waals surface area contributed by atoms with E-state index in [2.05, 4.69) is 0 Å². The highest BCUT2D eigenvalue weighted by molar-refractivity contribution is 6.35. The summed E-state index contributed by atoms with van der Waals surface area (Å²) in [7, 11) is 1.58. The summed E-state index contributed by atoms with van der Waals surface area (Å²) >= 11 is 0. The van der Waals surface area contributed by atoms with E-state index in [1.807, 2.05) is 68.4 Å². The quantitative estimate of drug-likeness (QED) is 0.435. The SMILES string of the molecule is COc1cccc(-n2c(/C=C3/C(=O)N(C(C)C)c4ccccc43)nc3ccccc3c2=O)c1. The van der Waals surface area contributed by atoms with Gasteiger partial charge < -0.3 is 9.64 Å². The highest BCUT2D eigenvalue weighted by atomic mass is 16.5. The highest BCUT2D eigenvalue weighted by Gasteiger charge is 2.34. The number of anilines is 1. The monoisotopic (exact) mass is 437 g/mol. The van der Waals surface area contributed by atoms with E-state index in [1.165, 1.54) is 4.57 Å². The van der Waals surface area contributed by atoms with Crippen molar-refractivity contribution in [2.45, 2.75) is 19.9 Å². The molecule has 1 aliphatic heterocycles. The molecule has 0 bridgehead atoms. The number of rotatable bonds is 4. The van der Waals surface area contributed by atoms with Gasteiger partial charge >= 0.3 is 0 Å². The number of benzene rings is 3. The third-order valence-corrected chi connectivity index (χ3v) is 5.81. The molecule has 6 nitrogen and oxygen atoms in total. The number of methoxy groups -OCH3 is 1. The average molecular weight is 437 g/mol. The third-order valence-electron chi connectivity index (χ3n) is 5.81. The van der Waals surface area contributed by atoms with E-state index >= 15 is 0 Å². The first kappa shape index (κ1) is 20.7. The van der Waals surface area contributed by atoms with Crippen molar-refractivity contribution in [3.05, 3.63) is 94.5 Å². The molecule has 1 aromatic heterocycles. The van der Waals surface area contributed by atoms with Crippen molar-refractivity contribution < 1.29 is 9.53 Å². The lowest BCUT2D eigenvalue weighted by atomic mass is 10.1. The van der Waals surface area contributed by atoms with Crippen molar-refractivity contribution in [1.29, 1.82) is 0 Å². The Bertz CT molecular complexity index is 1480. The van der Waals surface area contributed by atoms with Crippen LogP contribution >= 0.6 is 0 Å². The lowest BCUT2D eigenvalue weighted by Gasteiger charge is -2.21. The predicted octanol–water partition coefficient (Wildman–Crippen LogP) is 4.69. The zero-order chi connectivity index (χ0) is 23.1. The molecule has 0 fully saturated rings. The Hall–Kier alpha value is -4.19. The fourth-order valence-corrected chi connectivity index (χ4v) is 4.29. The number of nitrogens with zero attached hydrogens (tertiary/aromatic N) is 3. The van der Waals surface area contributed by atoms with Gasteiger partial charge in [-0.15, -0.1) is 0 Å². The van der Waals surface area contributed by atoms with Crippen molar-refractivity contribution in [2.24, 2.45) is 0 Å². The summed E-state index contributed by atoms with van der Waals surface area (Å²) in [6.07, 6.45) is 1.72. The minimum atomic E-state index is -0.208. The summed E-state index contributed by atoms with van der Waals surface area (Å²) in [6, 6.07) is 22.2. The van der Waals surface area contributed by atoms with Gasteiger partial charge in [-0.1, -0.05) is 36.4 Å². The van der Waals surface area contributed by atoms with Gasteiger partial charge in [0.25, 0.3) is 11.5 Å². The zero-order valence-electron chi connectivity index (χ0n) is 18.6. The number of hydrogen-bond acceptors (Lipinski definition) is 4. The largest absolute Gasteiger partial charge is 0.497 e. The molecule has 2 heterocycles. The van der Waals surface area contributed by atoms with Crippen molar-refractivity contribution >= 4 is 34.1 Å². The number of amides is 1. The van der Waals surface area contributed by atoms with Gasteiger partial charge in [-0.2, -0.15) is 0 Å². The Labute approximate surface area is 191 Å². The maximum atomic E-state index is 13.6. The first-order chi connectivity index (χ1) is 16.0. The van der Waals surface area contributed by atoms with Crippen LogP contribution < -0.4 is 15.2 Å². The topological polar surface area (TPSA) is 64.4 Å². The summed E-state index contributed by atoms with van der Waals surface area (Å²) in [5, 5.41) is 0.504. The summed E-state index contributed by atoms with van der Waals surface area (Å²) in [4.78, 5) is 33.6. The van der Waals surface area contributed by atoms with Crippen LogP contribution in [-0.2, 0) is 4.79 Å². The van der Waals surface area contributed by atoms with Crippen LogP contribution in [0.25, 0.3) is 28.2 Å². The fourth-order valence-electron chi connectivity index (χ4n) is 4.29. The van der Waals surface area contributed by atoms with E-state index in [0.29, 0.717) is 33.7 Å². The molecule has 164 valence electrons. The van der Waals surface area contributed by atoms with Gasteiger partial charge in [0.2, 0.25) is 0 Å². The molecule has 0 spiro atoms. The molecule has 0 unspecified atom stereocenters. The van der Waals surface area contributed by atoms with Crippen LogP contribution in [-0.4, -0.2) is 28.6 Å². The molecule has 1 aliphatic rings. The van der Waals surface area contributed by atoms with Crippen molar-refractivity contribution in [2.75, 3.05) is 12.0 Å². The van der Waals surface area contributed by atoms with E-state index in [9.17, 15) is 9.59 Å². The number of para-hydroxylation sites is 2. The molecule has 0 atom stereocenters. The Morgan fingerprint density at radius 3 is 2.48 bits per heavy atom. The zero-order valence-corrected chi connectivity index (χ0v) is 18.6. The number of carbonyl (C=O) groups is 1. The second-order valence-corrected chi connectivity index (χ2v) is 8.17. The van der Waals surface area contributed by atoms with Gasteiger partial charge in [0, 0.05) is 17.7 Å². The Morgan fingerprint density at radius 1 is 0.939 bits per heavy atom. The number of hydrogen-bond donors (Lipinski definition) is 0. The maximum Gasteiger partial charge on any atom is 0.266 e. The molecule has 0 saturated carbocycles. The Kier molecular flexibility index (Phi) is 5.05. The van der Waals surface area contributed by atoms with Gasteiger partial charge in [0.05, 0.1) is 35.0 Å². The molecule has 0 aliphatic carbocycles. The van der Waals surface area contributed by atoms with Gasteiger partial charge in [-0.25, -0.2) is 4.98 Å². The molecule has 3 aromatic carbocycles. The number of aromatic nitrogens is 2. The minimum Gasteiger partial charge on any atom is -0.497 e. The van der Waals surface area contributed by atoms with Crippen LogP contribution in [0.3, 0.4) is 0 Å². The molecule has 4 aromatic rings. The number of ether oxygens (including phenoxy) is 1. The lowest BCUT2D eigenvalue weighted by Crippen LogP contribution is -2.33. The molecule has 33 heavy (non-hydrogen) atoms. The average Bonchev–Trinajstić information content (AvgIpc) is 3.10. The van der Waals surface area contributed by atoms with Gasteiger partial charge in [-0.05, 0) is 50.3 Å². The Morgan fingerprint density at radius 2 is 1.70 bits per heavy atom. The van der Waals surface area contributed by atoms with Crippen LogP contribution in [0.2, 0.25) is 0 Å². The molecule has 0 radical (unpaired) electrons. The molecule has 5 rings (SSSR count). The molecule has 0 saturated heterocycles. The van der Waals surface area contributed by atoms with E-state index in [4.69, 9.17) is 9.72 Å². The van der Waals surface area contributed by atoms with Gasteiger partial charge in [-0.3, -0.25) is 14.2 Å². The third kappa shape index (κ3) is 3.40. The summed E-state index contributed by atoms with van der Waals surface area (Å²) in [6.45, 7) is 3.97. The maximum absolute atomic E-state index is 13.6. The van der Waals surface area contributed by atoms with E-state index < -0.39 is 0 Å². The highest BCUT2D eigenvalue weighted by Crippen LogP contribution is 2.38. The molecular formula is C27H23N3O3. The number of carbonyl (C=O) groups excluding carboxylic acids is 1. The van der Waals surface area contributed by atoms with E-state index in [1.54, 1.807) is 36.3 Å². The summed E-state index contributed by atoms with van der Waals surface area (Å²) in [5.41, 5.74) is 3.19. The first-order valence-corrected chi connectivity index (χ1v) is 10.8. The van der Waals surface area contributed by atoms with Crippen LogP contribution in [0.4, 0.5) is 5.69 Å². The van der Waals surface area contributed by atoms with Crippen LogP contribution in [0, 0.1) is 0 Å². The smallest absolute Gasteiger partial charge is 0.266 e. The summed E-state index contributed by atoms with van der Waals surface area (Å²) < 4.78 is 6.90. The van der Waals surface area contributed by atoms with Gasteiger partial charge in [0.1, 0.15) is 11.6 Å². The van der Waals surface area contributed by atoms with Crippen LogP contribution in [0.1, 0.15) is 25.2 Å². The van der Waals surface area contributed by atoms with E-state index in [0.717, 1.165) is 11.3 Å². The second kappa shape index (κ2) is 8.06. The summed E-state index contributed by atoms with van der Waals surface area (Å²) in [5.74, 6) is 0.904. The van der Waals surface area contributed by atoms with Crippen molar-refractivity contribution in [1.82, 2.24) is 9.55 Å². The van der Waals surface area contributed by atoms with Crippen molar-refractivity contribution in [3.63, 3.8) is 0 Å². The van der Waals surface area contributed by atoms with E-state index in [-0.39, 0.29) is 17.5 Å². The molecule has 1 amide bonds. The fraction of sp³-hybridized carbons (Fsp3) is 0.148. The van der Waals surface area contributed by atoms with Gasteiger partial charge in [0.15, 0.2) is 0 Å². The Balaban J connectivity index is 1.81. The number of fused-ring (bicyclic) bond motifs is 2. The normalized spacial score (nSPS) is 14.4. The van der Waals surface area contributed by atoms with Crippen LogP contribution in [0.15, 0.2) is 77.6 Å². The lowest BCUT2D eigenvalue weighted by molar-refractivity contribution is -0.113. The standard InChI is InChI=1S/C27H23N3O3/c1-17(2)29-24-14-7-5-11-20(24)22(27(29)32)16-25-28-23-13-6-4-12-21(23)26(31)30(25)18-9-8-10-19(15-18)33-3/h4-17H,1-3H3/b22-16+. The van der Waals surface area contributed by atoms with Crippen molar-refractivity contribution in [3.8, 4) is 11.4 Å². The van der Waals surface area contributed by atoms with Crippen LogP contribution in [0.5, 0.6) is 5.75 Å². The second-order valence-electron chi connectivity index (χ2n) is 8.17. The first-order valence-electron chi connectivity index (χ1n) is 10.8. The molecule has 6 heteroatoms. The predicted molar refractivity (Wildman–Crippen MR) is 131 cm³/mol. The molecule has 0 N–H and O–H groups in total.